The maximum atomic E-state index is 12.9. The van der Waals surface area contributed by atoms with Crippen molar-refractivity contribution in [3.8, 4) is 17.2 Å². The molecule has 1 amide bonds. The molecule has 1 aliphatic heterocycles. The molecule has 3 rings (SSSR count). The first-order valence-corrected chi connectivity index (χ1v) is 11.0. The number of non-ortho nitro benzene ring substituents is 1. The minimum absolute atomic E-state index is 0.0455. The van der Waals surface area contributed by atoms with Crippen LogP contribution in [0.5, 0.6) is 17.2 Å². The van der Waals surface area contributed by atoms with E-state index >= 15 is 0 Å². The second-order valence-electron chi connectivity index (χ2n) is 6.69. The van der Waals surface area contributed by atoms with Crippen LogP contribution >= 0.6 is 0 Å². The first-order chi connectivity index (χ1) is 14.6. The fraction of sp³-hybridized carbons (Fsp3) is 0.316. The van der Waals surface area contributed by atoms with Gasteiger partial charge in [-0.15, -0.1) is 0 Å². The molecule has 1 N–H and O–H groups in total. The van der Waals surface area contributed by atoms with Gasteiger partial charge in [-0.05, 0) is 25.1 Å². The molecule has 0 radical (unpaired) electrons. The van der Waals surface area contributed by atoms with Crippen molar-refractivity contribution in [3.63, 3.8) is 0 Å². The minimum atomic E-state index is -3.88. The largest absolute Gasteiger partial charge is 0.495 e. The fourth-order valence-corrected chi connectivity index (χ4v) is 4.29. The number of hydrogen-bond acceptors (Lipinski definition) is 8. The Labute approximate surface area is 178 Å². The van der Waals surface area contributed by atoms with Gasteiger partial charge in [0.2, 0.25) is 15.9 Å². The van der Waals surface area contributed by atoms with E-state index < -0.39 is 26.9 Å². The third-order valence-electron chi connectivity index (χ3n) is 4.52. The third kappa shape index (κ3) is 4.79. The Morgan fingerprint density at radius 2 is 1.87 bits per heavy atom. The van der Waals surface area contributed by atoms with E-state index in [-0.39, 0.29) is 22.8 Å². The predicted molar refractivity (Wildman–Crippen MR) is 112 cm³/mol. The molecule has 0 aromatic heterocycles. The number of nitrogens with one attached hydrogen (secondary N) is 1. The summed E-state index contributed by atoms with van der Waals surface area (Å²) in [6.07, 6.45) is 0.974. The lowest BCUT2D eigenvalue weighted by atomic mass is 10.2. The van der Waals surface area contributed by atoms with Gasteiger partial charge in [-0.25, -0.2) is 8.42 Å². The number of amides is 1. The molecule has 31 heavy (non-hydrogen) atoms. The highest BCUT2D eigenvalue weighted by molar-refractivity contribution is 7.92. The number of nitro benzene ring substituents is 1. The molecular formula is C19H21N3O8S. The van der Waals surface area contributed by atoms with Gasteiger partial charge in [-0.2, -0.15) is 0 Å². The van der Waals surface area contributed by atoms with Gasteiger partial charge in [-0.3, -0.25) is 19.2 Å². The molecule has 0 fully saturated rings. The number of hydrogen-bond donors (Lipinski definition) is 1. The van der Waals surface area contributed by atoms with Crippen molar-refractivity contribution < 1.29 is 32.3 Å². The van der Waals surface area contributed by atoms with E-state index in [0.29, 0.717) is 24.7 Å². The number of sulfonamides is 1. The molecule has 2 aromatic carbocycles. The summed E-state index contributed by atoms with van der Waals surface area (Å²) in [6, 6.07) is 7.07. The van der Waals surface area contributed by atoms with Crippen LogP contribution in [0.15, 0.2) is 36.4 Å². The van der Waals surface area contributed by atoms with Crippen LogP contribution < -0.4 is 23.8 Å². The molecule has 0 spiro atoms. The van der Waals surface area contributed by atoms with Crippen LogP contribution in [-0.4, -0.2) is 51.9 Å². The van der Waals surface area contributed by atoms with Gasteiger partial charge in [0.1, 0.15) is 25.0 Å². The van der Waals surface area contributed by atoms with Crippen LogP contribution in [0.4, 0.5) is 17.1 Å². The van der Waals surface area contributed by atoms with E-state index in [9.17, 15) is 23.3 Å². The van der Waals surface area contributed by atoms with Crippen molar-refractivity contribution in [2.75, 3.05) is 36.2 Å². The molecule has 1 heterocycles. The Hall–Kier alpha value is -3.54. The average molecular weight is 451 g/mol. The Bertz CT molecular complexity index is 1120. The van der Waals surface area contributed by atoms with Crippen LogP contribution in [0.3, 0.4) is 0 Å². The quantitative estimate of drug-likeness (QED) is 0.499. The average Bonchev–Trinajstić information content (AvgIpc) is 2.72. The molecule has 0 aliphatic carbocycles. The van der Waals surface area contributed by atoms with E-state index in [1.54, 1.807) is 6.07 Å². The lowest BCUT2D eigenvalue weighted by Gasteiger charge is -2.29. The molecule has 166 valence electrons. The number of carbonyl (C=O) groups excluding carboxylic acids is 1. The summed E-state index contributed by atoms with van der Waals surface area (Å²) in [6.45, 7) is 2.10. The number of nitro groups is 1. The number of anilines is 2. The van der Waals surface area contributed by atoms with Gasteiger partial charge < -0.3 is 19.5 Å². The number of methoxy groups -OCH3 is 1. The van der Waals surface area contributed by atoms with E-state index in [1.165, 1.54) is 38.3 Å². The molecular weight excluding hydrogens is 430 g/mol. The highest BCUT2D eigenvalue weighted by Crippen LogP contribution is 2.36. The van der Waals surface area contributed by atoms with Gasteiger partial charge in [0.05, 0.1) is 29.7 Å². The van der Waals surface area contributed by atoms with E-state index in [1.807, 2.05) is 0 Å². The van der Waals surface area contributed by atoms with Crippen LogP contribution in [0, 0.1) is 10.1 Å². The van der Waals surface area contributed by atoms with E-state index in [2.05, 4.69) is 5.32 Å². The van der Waals surface area contributed by atoms with Crippen molar-refractivity contribution >= 4 is 33.0 Å². The number of nitrogens with zero attached hydrogens (tertiary/aromatic N) is 2. The molecule has 0 saturated heterocycles. The lowest BCUT2D eigenvalue weighted by molar-refractivity contribution is -0.384. The molecule has 2 aromatic rings. The molecule has 11 nitrogen and oxygen atoms in total. The summed E-state index contributed by atoms with van der Waals surface area (Å²) in [5.41, 5.74) is 0.000130. The van der Waals surface area contributed by atoms with Gasteiger partial charge >= 0.3 is 0 Å². The zero-order valence-corrected chi connectivity index (χ0v) is 17.8. The lowest BCUT2D eigenvalue weighted by Crippen LogP contribution is -2.45. The maximum Gasteiger partial charge on any atom is 0.271 e. The summed E-state index contributed by atoms with van der Waals surface area (Å²) in [5, 5.41) is 13.6. The summed E-state index contributed by atoms with van der Waals surface area (Å²) >= 11 is 0. The third-order valence-corrected chi connectivity index (χ3v) is 5.76. The topological polar surface area (TPSA) is 137 Å². The zero-order chi connectivity index (χ0) is 22.8. The Kier molecular flexibility index (Phi) is 6.20. The highest BCUT2D eigenvalue weighted by atomic mass is 32.2. The standard InChI is InChI=1S/C19H21N3O8S/c1-12(19(23)20-15-10-14(22(24)25)5-6-16(15)28-2)21(31(3,26)27)13-4-7-17-18(11-13)30-9-8-29-17/h4-7,10-12H,8-9H2,1-3H3,(H,20,23)/t12-/m0/s1. The second kappa shape index (κ2) is 8.68. The number of carbonyl (C=O) groups is 1. The van der Waals surface area contributed by atoms with Gasteiger partial charge in [0.15, 0.2) is 11.5 Å². The number of ether oxygens (including phenoxy) is 3. The van der Waals surface area contributed by atoms with Crippen molar-refractivity contribution in [2.24, 2.45) is 0 Å². The maximum absolute atomic E-state index is 12.9. The first-order valence-electron chi connectivity index (χ1n) is 9.14. The smallest absolute Gasteiger partial charge is 0.271 e. The molecule has 0 unspecified atom stereocenters. The fourth-order valence-electron chi connectivity index (χ4n) is 3.12. The molecule has 1 atom stereocenters. The first kappa shape index (κ1) is 22.2. The second-order valence-corrected chi connectivity index (χ2v) is 8.55. The van der Waals surface area contributed by atoms with Gasteiger partial charge in [0.25, 0.3) is 5.69 Å². The number of rotatable bonds is 7. The number of benzene rings is 2. The van der Waals surface area contributed by atoms with Crippen molar-refractivity contribution in [2.45, 2.75) is 13.0 Å². The minimum Gasteiger partial charge on any atom is -0.495 e. The van der Waals surface area contributed by atoms with Crippen LogP contribution in [-0.2, 0) is 14.8 Å². The van der Waals surface area contributed by atoms with Crippen LogP contribution in [0.25, 0.3) is 0 Å². The van der Waals surface area contributed by atoms with Crippen molar-refractivity contribution in [1.29, 1.82) is 0 Å². The monoisotopic (exact) mass is 451 g/mol. The zero-order valence-electron chi connectivity index (χ0n) is 17.0. The molecule has 0 saturated carbocycles. The summed E-state index contributed by atoms with van der Waals surface area (Å²) < 4.78 is 42.1. The molecule has 12 heteroatoms. The normalized spacial score (nSPS) is 13.8. The molecule has 0 bridgehead atoms. The van der Waals surface area contributed by atoms with E-state index in [4.69, 9.17) is 14.2 Å². The summed E-state index contributed by atoms with van der Waals surface area (Å²) in [5.74, 6) is 0.322. The predicted octanol–water partition coefficient (Wildman–Crippen LogP) is 2.17. The van der Waals surface area contributed by atoms with E-state index in [0.717, 1.165) is 16.6 Å². The Morgan fingerprint density at radius 3 is 2.48 bits per heavy atom. The summed E-state index contributed by atoms with van der Waals surface area (Å²) in [4.78, 5) is 23.4. The Morgan fingerprint density at radius 1 is 1.19 bits per heavy atom. The van der Waals surface area contributed by atoms with Gasteiger partial charge in [0, 0.05) is 18.2 Å². The van der Waals surface area contributed by atoms with Crippen LogP contribution in [0.2, 0.25) is 0 Å². The highest BCUT2D eigenvalue weighted by Gasteiger charge is 2.31. The SMILES string of the molecule is COc1ccc([N+](=O)[O-])cc1NC(=O)[C@H](C)N(c1ccc2c(c1)OCCO2)S(C)(=O)=O. The summed E-state index contributed by atoms with van der Waals surface area (Å²) in [7, 11) is -2.54. The number of fused-ring (bicyclic) bond motifs is 1. The molecule has 1 aliphatic rings. The van der Waals surface area contributed by atoms with Gasteiger partial charge in [-0.1, -0.05) is 0 Å². The van der Waals surface area contributed by atoms with Crippen molar-refractivity contribution in [3.05, 3.63) is 46.5 Å². The Balaban J connectivity index is 1.93. The van der Waals surface area contributed by atoms with Crippen LogP contribution in [0.1, 0.15) is 6.92 Å². The van der Waals surface area contributed by atoms with Crippen molar-refractivity contribution in [1.82, 2.24) is 0 Å².